The molecule has 1 unspecified atom stereocenters. The van der Waals surface area contributed by atoms with Crippen molar-refractivity contribution in [1.29, 1.82) is 0 Å². The number of methoxy groups -OCH3 is 1. The number of carbonyl (C=O) groups excluding carboxylic acids is 1. The van der Waals surface area contributed by atoms with Crippen LogP contribution in [-0.4, -0.2) is 67.2 Å². The SMILES string of the molecule is CCOc1ccc2nc(CN3CCC4(CCN(CCOC)C4=O)C3)ccc2c1. The Bertz CT molecular complexity index is 856. The van der Waals surface area contributed by atoms with Gasteiger partial charge in [-0.05, 0) is 50.6 Å². The van der Waals surface area contributed by atoms with E-state index in [-0.39, 0.29) is 5.41 Å². The standard InChI is InChI=1S/C22H29N3O3/c1-3-28-19-6-7-20-17(14-19)4-5-18(23-20)15-24-10-8-22(16-24)9-11-25(21(22)26)12-13-27-2/h4-7,14H,3,8-13,15-16H2,1-2H3. The van der Waals surface area contributed by atoms with E-state index in [0.717, 1.165) is 61.4 Å². The van der Waals surface area contributed by atoms with E-state index in [4.69, 9.17) is 14.5 Å². The zero-order chi connectivity index (χ0) is 19.6. The lowest BCUT2D eigenvalue weighted by Crippen LogP contribution is -2.38. The Morgan fingerprint density at radius 2 is 2.04 bits per heavy atom. The van der Waals surface area contributed by atoms with Crippen molar-refractivity contribution in [2.24, 2.45) is 5.41 Å². The first-order chi connectivity index (χ1) is 13.6. The number of likely N-dealkylation sites (tertiary alicyclic amines) is 2. The Balaban J connectivity index is 1.41. The Morgan fingerprint density at radius 3 is 2.86 bits per heavy atom. The van der Waals surface area contributed by atoms with Crippen LogP contribution >= 0.6 is 0 Å². The van der Waals surface area contributed by atoms with Crippen molar-refractivity contribution in [3.05, 3.63) is 36.0 Å². The third-order valence-electron chi connectivity index (χ3n) is 6.01. The molecule has 2 aliphatic rings. The van der Waals surface area contributed by atoms with E-state index in [9.17, 15) is 4.79 Å². The minimum absolute atomic E-state index is 0.197. The number of hydrogen-bond acceptors (Lipinski definition) is 5. The van der Waals surface area contributed by atoms with Crippen molar-refractivity contribution in [3.8, 4) is 5.75 Å². The highest BCUT2D eigenvalue weighted by atomic mass is 16.5. The Morgan fingerprint density at radius 1 is 1.18 bits per heavy atom. The highest BCUT2D eigenvalue weighted by molar-refractivity contribution is 5.85. The molecule has 0 saturated carbocycles. The van der Waals surface area contributed by atoms with Gasteiger partial charge in [0.1, 0.15) is 5.75 Å². The van der Waals surface area contributed by atoms with Crippen LogP contribution in [0.25, 0.3) is 10.9 Å². The van der Waals surface area contributed by atoms with E-state index >= 15 is 0 Å². The maximum Gasteiger partial charge on any atom is 0.230 e. The molecule has 0 bridgehead atoms. The van der Waals surface area contributed by atoms with Crippen LogP contribution in [0.1, 0.15) is 25.5 Å². The number of carbonyl (C=O) groups is 1. The van der Waals surface area contributed by atoms with Gasteiger partial charge in [0.15, 0.2) is 0 Å². The summed E-state index contributed by atoms with van der Waals surface area (Å²) in [5.41, 5.74) is 1.84. The number of hydrogen-bond donors (Lipinski definition) is 0. The number of amides is 1. The quantitative estimate of drug-likeness (QED) is 0.736. The maximum absolute atomic E-state index is 12.9. The van der Waals surface area contributed by atoms with Gasteiger partial charge >= 0.3 is 0 Å². The first-order valence-corrected chi connectivity index (χ1v) is 10.2. The third-order valence-corrected chi connectivity index (χ3v) is 6.01. The summed E-state index contributed by atoms with van der Waals surface area (Å²) >= 11 is 0. The third kappa shape index (κ3) is 3.71. The molecular weight excluding hydrogens is 354 g/mol. The molecule has 2 aliphatic heterocycles. The van der Waals surface area contributed by atoms with Crippen LogP contribution in [0.2, 0.25) is 0 Å². The minimum Gasteiger partial charge on any atom is -0.494 e. The van der Waals surface area contributed by atoms with Crippen LogP contribution in [-0.2, 0) is 16.1 Å². The fourth-order valence-corrected chi connectivity index (χ4v) is 4.50. The van der Waals surface area contributed by atoms with Crippen LogP contribution in [0.5, 0.6) is 5.75 Å². The number of ether oxygens (including phenoxy) is 2. The first kappa shape index (κ1) is 19.2. The lowest BCUT2D eigenvalue weighted by atomic mass is 9.85. The summed E-state index contributed by atoms with van der Waals surface area (Å²) in [4.78, 5) is 22.1. The molecule has 6 nitrogen and oxygen atoms in total. The van der Waals surface area contributed by atoms with Crippen molar-refractivity contribution >= 4 is 16.8 Å². The molecule has 1 amide bonds. The summed E-state index contributed by atoms with van der Waals surface area (Å²) < 4.78 is 10.7. The molecule has 1 atom stereocenters. The number of benzene rings is 1. The molecule has 28 heavy (non-hydrogen) atoms. The normalized spacial score (nSPS) is 22.6. The van der Waals surface area contributed by atoms with Gasteiger partial charge in [-0.25, -0.2) is 0 Å². The molecule has 6 heteroatoms. The molecule has 0 aliphatic carbocycles. The molecule has 3 heterocycles. The van der Waals surface area contributed by atoms with Crippen LogP contribution < -0.4 is 4.74 Å². The van der Waals surface area contributed by atoms with Crippen molar-refractivity contribution in [1.82, 2.24) is 14.8 Å². The van der Waals surface area contributed by atoms with Gasteiger partial charge in [0, 0.05) is 38.7 Å². The van der Waals surface area contributed by atoms with Gasteiger partial charge in [-0.2, -0.15) is 0 Å². The van der Waals surface area contributed by atoms with Crippen LogP contribution in [0, 0.1) is 5.41 Å². The van der Waals surface area contributed by atoms with E-state index in [2.05, 4.69) is 17.0 Å². The van der Waals surface area contributed by atoms with Crippen molar-refractivity contribution in [3.63, 3.8) is 0 Å². The molecule has 0 radical (unpaired) electrons. The monoisotopic (exact) mass is 383 g/mol. The summed E-state index contributed by atoms with van der Waals surface area (Å²) in [7, 11) is 1.68. The second-order valence-electron chi connectivity index (χ2n) is 7.87. The highest BCUT2D eigenvalue weighted by Gasteiger charge is 2.50. The van der Waals surface area contributed by atoms with Gasteiger partial charge in [0.25, 0.3) is 0 Å². The lowest BCUT2D eigenvalue weighted by Gasteiger charge is -2.23. The van der Waals surface area contributed by atoms with Crippen LogP contribution in [0.15, 0.2) is 30.3 Å². The van der Waals surface area contributed by atoms with Gasteiger partial charge < -0.3 is 14.4 Å². The van der Waals surface area contributed by atoms with E-state index in [1.54, 1.807) is 7.11 Å². The van der Waals surface area contributed by atoms with E-state index in [1.807, 2.05) is 30.0 Å². The van der Waals surface area contributed by atoms with Gasteiger partial charge in [-0.1, -0.05) is 6.07 Å². The summed E-state index contributed by atoms with van der Waals surface area (Å²) in [6.07, 6.45) is 1.90. The average molecular weight is 383 g/mol. The number of nitrogens with zero attached hydrogens (tertiary/aromatic N) is 3. The maximum atomic E-state index is 12.9. The molecule has 150 valence electrons. The van der Waals surface area contributed by atoms with Gasteiger partial charge in [-0.15, -0.1) is 0 Å². The Labute approximate surface area is 166 Å². The van der Waals surface area contributed by atoms with Crippen molar-refractivity contribution in [2.75, 3.05) is 46.5 Å². The van der Waals surface area contributed by atoms with Gasteiger partial charge in [0.05, 0.1) is 29.8 Å². The fourth-order valence-electron chi connectivity index (χ4n) is 4.50. The topological polar surface area (TPSA) is 54.9 Å². The van der Waals surface area contributed by atoms with E-state index in [1.165, 1.54) is 0 Å². The molecule has 2 saturated heterocycles. The first-order valence-electron chi connectivity index (χ1n) is 10.2. The van der Waals surface area contributed by atoms with E-state index in [0.29, 0.717) is 25.7 Å². The molecular formula is C22H29N3O3. The molecule has 1 aromatic carbocycles. The second kappa shape index (κ2) is 8.05. The molecule has 4 rings (SSSR count). The smallest absolute Gasteiger partial charge is 0.230 e. The van der Waals surface area contributed by atoms with Crippen molar-refractivity contribution < 1.29 is 14.3 Å². The number of pyridine rings is 1. The average Bonchev–Trinajstić information content (AvgIpc) is 3.25. The summed E-state index contributed by atoms with van der Waals surface area (Å²) in [6.45, 7) is 7.38. The summed E-state index contributed by atoms with van der Waals surface area (Å²) in [5, 5.41) is 1.09. The number of rotatable bonds is 7. The van der Waals surface area contributed by atoms with Gasteiger partial charge in [0.2, 0.25) is 5.91 Å². The molecule has 1 spiro atoms. The van der Waals surface area contributed by atoms with E-state index < -0.39 is 0 Å². The Hall–Kier alpha value is -2.18. The van der Waals surface area contributed by atoms with Gasteiger partial charge in [-0.3, -0.25) is 14.7 Å². The molecule has 2 fully saturated rings. The molecule has 0 N–H and O–H groups in total. The zero-order valence-corrected chi connectivity index (χ0v) is 16.8. The van der Waals surface area contributed by atoms with Crippen LogP contribution in [0.4, 0.5) is 0 Å². The summed E-state index contributed by atoms with van der Waals surface area (Å²) in [5.74, 6) is 1.19. The fraction of sp³-hybridized carbons (Fsp3) is 0.545. The Kier molecular flexibility index (Phi) is 5.51. The molecule has 1 aromatic heterocycles. The minimum atomic E-state index is -0.197. The predicted octanol–water partition coefficient (Wildman–Crippen LogP) is 2.70. The van der Waals surface area contributed by atoms with Crippen molar-refractivity contribution in [2.45, 2.75) is 26.3 Å². The largest absolute Gasteiger partial charge is 0.494 e. The highest BCUT2D eigenvalue weighted by Crippen LogP contribution is 2.41. The number of fused-ring (bicyclic) bond motifs is 1. The summed E-state index contributed by atoms with van der Waals surface area (Å²) in [6, 6.07) is 10.2. The predicted molar refractivity (Wildman–Crippen MR) is 108 cm³/mol. The zero-order valence-electron chi connectivity index (χ0n) is 16.8. The van der Waals surface area contributed by atoms with Crippen LogP contribution in [0.3, 0.4) is 0 Å². The second-order valence-corrected chi connectivity index (χ2v) is 7.87. The molecule has 2 aromatic rings. The number of aromatic nitrogens is 1. The lowest BCUT2D eigenvalue weighted by molar-refractivity contribution is -0.136.